The Hall–Kier alpha value is -0.490. The van der Waals surface area contributed by atoms with Crippen LogP contribution in [0.15, 0.2) is 10.7 Å². The highest BCUT2D eigenvalue weighted by atomic mass is 79.9. The monoisotopic (exact) mass is 303 g/mol. The minimum atomic E-state index is 0.406. The maximum absolute atomic E-state index is 5.12. The molecule has 16 heavy (non-hydrogen) atoms. The molecule has 0 radical (unpaired) electrons. The molecule has 1 aliphatic carbocycles. The van der Waals surface area contributed by atoms with E-state index in [4.69, 9.17) is 4.74 Å². The molecule has 0 atom stereocenters. The molecular weight excluding hydrogens is 290 g/mol. The van der Waals surface area contributed by atoms with Gasteiger partial charge in [0.2, 0.25) is 11.8 Å². The van der Waals surface area contributed by atoms with Crippen LogP contribution in [0.25, 0.3) is 0 Å². The quantitative estimate of drug-likeness (QED) is 0.906. The zero-order chi connectivity index (χ0) is 11.6. The highest BCUT2D eigenvalue weighted by Crippen LogP contribution is 2.46. The van der Waals surface area contributed by atoms with Gasteiger partial charge in [0.05, 0.1) is 17.8 Å². The van der Waals surface area contributed by atoms with Gasteiger partial charge in [0.1, 0.15) is 0 Å². The summed E-state index contributed by atoms with van der Waals surface area (Å²) in [4.78, 5) is 8.45. The molecule has 1 aromatic rings. The van der Waals surface area contributed by atoms with Gasteiger partial charge in [0, 0.05) is 11.3 Å². The lowest BCUT2D eigenvalue weighted by atomic mass is 10.4. The summed E-state index contributed by atoms with van der Waals surface area (Å²) >= 11 is 5.24. The van der Waals surface area contributed by atoms with E-state index in [1.54, 1.807) is 13.3 Å². The molecule has 1 saturated carbocycles. The molecule has 0 bridgehead atoms. The Morgan fingerprint density at radius 1 is 1.62 bits per heavy atom. The zero-order valence-electron chi connectivity index (χ0n) is 9.29. The second-order valence-electron chi connectivity index (χ2n) is 3.79. The van der Waals surface area contributed by atoms with Crippen molar-refractivity contribution >= 4 is 33.6 Å². The predicted molar refractivity (Wildman–Crippen MR) is 70.3 cm³/mol. The molecule has 0 aromatic carbocycles. The number of hydrogen-bond donors (Lipinski definition) is 1. The van der Waals surface area contributed by atoms with E-state index in [0.717, 1.165) is 11.0 Å². The van der Waals surface area contributed by atoms with Crippen LogP contribution < -0.4 is 10.1 Å². The van der Waals surface area contributed by atoms with E-state index >= 15 is 0 Å². The molecule has 1 N–H and O–H groups in total. The summed E-state index contributed by atoms with van der Waals surface area (Å²) in [5.74, 6) is 1.19. The van der Waals surface area contributed by atoms with Gasteiger partial charge in [-0.3, -0.25) is 0 Å². The lowest BCUT2D eigenvalue weighted by Crippen LogP contribution is -2.18. The van der Waals surface area contributed by atoms with E-state index in [1.165, 1.54) is 12.8 Å². The average molecular weight is 304 g/mol. The van der Waals surface area contributed by atoms with E-state index in [9.17, 15) is 0 Å². The summed E-state index contributed by atoms with van der Waals surface area (Å²) in [5, 5.41) is 3.26. The normalized spacial score (nSPS) is 16.9. The predicted octanol–water partition coefficient (Wildman–Crippen LogP) is 2.56. The maximum atomic E-state index is 5.12. The van der Waals surface area contributed by atoms with E-state index in [2.05, 4.69) is 37.5 Å². The van der Waals surface area contributed by atoms with Crippen LogP contribution in [0.4, 0.5) is 5.95 Å². The van der Waals surface area contributed by atoms with Gasteiger partial charge in [0.25, 0.3) is 0 Å². The van der Waals surface area contributed by atoms with E-state index in [0.29, 0.717) is 16.6 Å². The Kier molecular flexibility index (Phi) is 3.59. The SMILES string of the molecule is COc1nc(NCC2(SC)CC2)ncc1Br. The van der Waals surface area contributed by atoms with Gasteiger partial charge in [-0.15, -0.1) is 0 Å². The highest BCUT2D eigenvalue weighted by Gasteiger charge is 2.41. The van der Waals surface area contributed by atoms with Gasteiger partial charge in [-0.2, -0.15) is 16.7 Å². The Bertz CT molecular complexity index is 384. The van der Waals surface area contributed by atoms with Gasteiger partial charge in [-0.05, 0) is 35.0 Å². The molecule has 1 heterocycles. The van der Waals surface area contributed by atoms with Crippen molar-refractivity contribution in [3.63, 3.8) is 0 Å². The minimum absolute atomic E-state index is 0.406. The van der Waals surface area contributed by atoms with Gasteiger partial charge in [-0.25, -0.2) is 4.98 Å². The third-order valence-electron chi connectivity index (χ3n) is 2.71. The number of hydrogen-bond acceptors (Lipinski definition) is 5. The fourth-order valence-corrected chi connectivity index (χ4v) is 2.49. The number of rotatable bonds is 5. The summed E-state index contributed by atoms with van der Waals surface area (Å²) in [5.41, 5.74) is 0. The van der Waals surface area contributed by atoms with Crippen LogP contribution in [0, 0.1) is 0 Å². The van der Waals surface area contributed by atoms with E-state index < -0.39 is 0 Å². The van der Waals surface area contributed by atoms with Crippen LogP contribution in [-0.2, 0) is 0 Å². The van der Waals surface area contributed by atoms with Crippen molar-refractivity contribution in [3.8, 4) is 5.88 Å². The van der Waals surface area contributed by atoms with Crippen LogP contribution in [0.3, 0.4) is 0 Å². The summed E-state index contributed by atoms with van der Waals surface area (Å²) in [6.07, 6.45) is 6.40. The first-order chi connectivity index (χ1) is 7.69. The molecule has 0 amide bonds. The number of nitrogens with one attached hydrogen (secondary N) is 1. The number of aromatic nitrogens is 2. The first kappa shape index (κ1) is 12.0. The Balaban J connectivity index is 1.99. The van der Waals surface area contributed by atoms with Crippen LogP contribution in [0.5, 0.6) is 5.88 Å². The van der Waals surface area contributed by atoms with Crippen LogP contribution in [0.2, 0.25) is 0 Å². The third kappa shape index (κ3) is 2.60. The number of halogens is 1. The highest BCUT2D eigenvalue weighted by molar-refractivity contribution is 9.10. The fraction of sp³-hybridized carbons (Fsp3) is 0.600. The first-order valence-corrected chi connectivity index (χ1v) is 7.06. The molecule has 2 rings (SSSR count). The summed E-state index contributed by atoms with van der Waals surface area (Å²) in [6.45, 7) is 0.916. The molecule has 0 unspecified atom stereocenters. The number of thioether (sulfide) groups is 1. The molecule has 88 valence electrons. The third-order valence-corrected chi connectivity index (χ3v) is 4.68. The Morgan fingerprint density at radius 2 is 2.38 bits per heavy atom. The largest absolute Gasteiger partial charge is 0.480 e. The summed E-state index contributed by atoms with van der Waals surface area (Å²) < 4.78 is 6.29. The topological polar surface area (TPSA) is 47.0 Å². The number of anilines is 1. The number of methoxy groups -OCH3 is 1. The maximum Gasteiger partial charge on any atom is 0.232 e. The van der Waals surface area contributed by atoms with Crippen molar-refractivity contribution in [2.75, 3.05) is 25.2 Å². The van der Waals surface area contributed by atoms with E-state index in [-0.39, 0.29) is 0 Å². The van der Waals surface area contributed by atoms with Crippen molar-refractivity contribution in [1.29, 1.82) is 0 Å². The fourth-order valence-electron chi connectivity index (χ4n) is 1.41. The van der Waals surface area contributed by atoms with Crippen molar-refractivity contribution in [1.82, 2.24) is 9.97 Å². The van der Waals surface area contributed by atoms with Crippen LogP contribution in [-0.4, -0.2) is 34.6 Å². The summed E-state index contributed by atoms with van der Waals surface area (Å²) in [7, 11) is 1.60. The number of ether oxygens (including phenoxy) is 1. The average Bonchev–Trinajstić information content (AvgIpc) is 3.09. The van der Waals surface area contributed by atoms with Gasteiger partial charge >= 0.3 is 0 Å². The van der Waals surface area contributed by atoms with E-state index in [1.807, 2.05) is 11.8 Å². The van der Waals surface area contributed by atoms with Gasteiger partial charge < -0.3 is 10.1 Å². The molecule has 0 saturated heterocycles. The smallest absolute Gasteiger partial charge is 0.232 e. The standard InChI is InChI=1S/C10H14BrN3OS/c1-15-8-7(11)5-12-9(14-8)13-6-10(16-2)3-4-10/h5H,3-4,6H2,1-2H3,(H,12,13,14). The minimum Gasteiger partial charge on any atom is -0.480 e. The van der Waals surface area contributed by atoms with Crippen LogP contribution >= 0.6 is 27.7 Å². The Labute approximate surface area is 108 Å². The molecule has 1 aromatic heterocycles. The molecule has 4 nitrogen and oxygen atoms in total. The molecule has 6 heteroatoms. The molecular formula is C10H14BrN3OS. The lowest BCUT2D eigenvalue weighted by Gasteiger charge is -2.13. The first-order valence-electron chi connectivity index (χ1n) is 5.05. The van der Waals surface area contributed by atoms with Gasteiger partial charge in [-0.1, -0.05) is 0 Å². The molecule has 1 fully saturated rings. The zero-order valence-corrected chi connectivity index (χ0v) is 11.7. The lowest BCUT2D eigenvalue weighted by molar-refractivity contribution is 0.394. The van der Waals surface area contributed by atoms with Crippen LogP contribution in [0.1, 0.15) is 12.8 Å². The second kappa shape index (κ2) is 4.79. The van der Waals surface area contributed by atoms with Crippen molar-refractivity contribution in [2.45, 2.75) is 17.6 Å². The number of nitrogens with zero attached hydrogens (tertiary/aromatic N) is 2. The molecule has 0 aliphatic heterocycles. The Morgan fingerprint density at radius 3 is 2.94 bits per heavy atom. The molecule has 0 spiro atoms. The van der Waals surface area contributed by atoms with Crippen molar-refractivity contribution in [3.05, 3.63) is 10.7 Å². The second-order valence-corrected chi connectivity index (χ2v) is 5.92. The van der Waals surface area contributed by atoms with Crippen molar-refractivity contribution in [2.24, 2.45) is 0 Å². The van der Waals surface area contributed by atoms with Crippen molar-refractivity contribution < 1.29 is 4.74 Å². The summed E-state index contributed by atoms with van der Waals surface area (Å²) in [6, 6.07) is 0. The van der Waals surface area contributed by atoms with Gasteiger partial charge in [0.15, 0.2) is 0 Å². The molecule has 1 aliphatic rings.